The van der Waals surface area contributed by atoms with Crippen LogP contribution in [0.2, 0.25) is 0 Å². The van der Waals surface area contributed by atoms with Gasteiger partial charge in [-0.3, -0.25) is 9.59 Å². The predicted molar refractivity (Wildman–Crippen MR) is 119 cm³/mol. The minimum atomic E-state index is -3.64. The first-order valence-electron chi connectivity index (χ1n) is 10.6. The molecule has 0 bridgehead atoms. The molecule has 0 aliphatic carbocycles. The standard InChI is InChI=1S/C22H27N3O4S2/c1-16-6-2-3-7-18(16)21(26)23-17-10-13-24(14-11-17)22(27)19-8-4-12-25(19)31(28,29)20-9-5-15-30-20/h2-3,5-7,9,15,17,19H,4,8,10-14H2,1H3,(H,23,26). The summed E-state index contributed by atoms with van der Waals surface area (Å²) in [5.41, 5.74) is 1.60. The van der Waals surface area contributed by atoms with E-state index in [1.165, 1.54) is 15.6 Å². The van der Waals surface area contributed by atoms with E-state index in [0.717, 1.165) is 5.56 Å². The summed E-state index contributed by atoms with van der Waals surface area (Å²) in [7, 11) is -3.64. The van der Waals surface area contributed by atoms with Gasteiger partial charge in [0.2, 0.25) is 5.91 Å². The number of thiophene rings is 1. The van der Waals surface area contributed by atoms with Gasteiger partial charge in [0.1, 0.15) is 10.3 Å². The number of hydrogen-bond donors (Lipinski definition) is 1. The summed E-state index contributed by atoms with van der Waals surface area (Å²) in [5.74, 6) is -0.215. The second kappa shape index (κ2) is 9.10. The van der Waals surface area contributed by atoms with Gasteiger partial charge >= 0.3 is 0 Å². The van der Waals surface area contributed by atoms with Crippen molar-refractivity contribution in [2.75, 3.05) is 19.6 Å². The third-order valence-electron chi connectivity index (χ3n) is 6.08. The van der Waals surface area contributed by atoms with Gasteiger partial charge in [0.15, 0.2) is 0 Å². The SMILES string of the molecule is Cc1ccccc1C(=O)NC1CCN(C(=O)C2CCCN2S(=O)(=O)c2cccs2)CC1. The van der Waals surface area contributed by atoms with Crippen LogP contribution in [0.3, 0.4) is 0 Å². The van der Waals surface area contributed by atoms with Crippen LogP contribution in [-0.4, -0.2) is 61.2 Å². The van der Waals surface area contributed by atoms with Crippen molar-refractivity contribution in [3.05, 3.63) is 52.9 Å². The number of carbonyl (C=O) groups is 2. The zero-order valence-corrected chi connectivity index (χ0v) is 19.1. The molecule has 2 aromatic rings. The lowest BCUT2D eigenvalue weighted by Gasteiger charge is -2.35. The Kier molecular flexibility index (Phi) is 6.45. The van der Waals surface area contributed by atoms with Crippen LogP contribution in [0.5, 0.6) is 0 Å². The molecule has 1 aromatic carbocycles. The van der Waals surface area contributed by atoms with Crippen molar-refractivity contribution >= 4 is 33.2 Å². The Morgan fingerprint density at radius 1 is 1.03 bits per heavy atom. The number of likely N-dealkylation sites (tertiary alicyclic amines) is 1. The number of hydrogen-bond acceptors (Lipinski definition) is 5. The smallest absolute Gasteiger partial charge is 0.253 e. The van der Waals surface area contributed by atoms with E-state index >= 15 is 0 Å². The molecule has 2 fully saturated rings. The van der Waals surface area contributed by atoms with Gasteiger partial charge in [-0.05, 0) is 55.7 Å². The highest BCUT2D eigenvalue weighted by Crippen LogP contribution is 2.30. The molecule has 1 aromatic heterocycles. The van der Waals surface area contributed by atoms with Crippen molar-refractivity contribution in [1.82, 2.24) is 14.5 Å². The molecule has 166 valence electrons. The lowest BCUT2D eigenvalue weighted by molar-refractivity contribution is -0.135. The Morgan fingerprint density at radius 3 is 2.45 bits per heavy atom. The molecule has 31 heavy (non-hydrogen) atoms. The van der Waals surface area contributed by atoms with Crippen molar-refractivity contribution in [2.24, 2.45) is 0 Å². The van der Waals surface area contributed by atoms with Crippen molar-refractivity contribution in [1.29, 1.82) is 0 Å². The molecule has 3 heterocycles. The predicted octanol–water partition coefficient (Wildman–Crippen LogP) is 2.63. The number of benzene rings is 1. The monoisotopic (exact) mass is 461 g/mol. The molecular weight excluding hydrogens is 434 g/mol. The Hall–Kier alpha value is -2.23. The van der Waals surface area contributed by atoms with Crippen LogP contribution >= 0.6 is 11.3 Å². The Balaban J connectivity index is 1.36. The van der Waals surface area contributed by atoms with E-state index in [1.807, 2.05) is 31.2 Å². The van der Waals surface area contributed by atoms with E-state index in [9.17, 15) is 18.0 Å². The summed E-state index contributed by atoms with van der Waals surface area (Å²) in [5, 5.41) is 4.81. The lowest BCUT2D eigenvalue weighted by atomic mass is 10.0. The fourth-order valence-electron chi connectivity index (χ4n) is 4.35. The van der Waals surface area contributed by atoms with E-state index in [2.05, 4.69) is 5.32 Å². The zero-order valence-electron chi connectivity index (χ0n) is 17.5. The summed E-state index contributed by atoms with van der Waals surface area (Å²) in [6.07, 6.45) is 2.55. The highest BCUT2D eigenvalue weighted by atomic mass is 32.2. The van der Waals surface area contributed by atoms with Crippen LogP contribution < -0.4 is 5.32 Å². The average Bonchev–Trinajstić information content (AvgIpc) is 3.47. The first-order valence-corrected chi connectivity index (χ1v) is 12.9. The molecule has 1 unspecified atom stereocenters. The van der Waals surface area contributed by atoms with Crippen LogP contribution in [0.25, 0.3) is 0 Å². The van der Waals surface area contributed by atoms with Gasteiger partial charge in [0.25, 0.3) is 15.9 Å². The molecule has 2 aliphatic rings. The number of nitrogens with one attached hydrogen (secondary N) is 1. The van der Waals surface area contributed by atoms with Crippen LogP contribution in [0, 0.1) is 6.92 Å². The van der Waals surface area contributed by atoms with Crippen molar-refractivity contribution in [3.8, 4) is 0 Å². The Labute approximate surface area is 187 Å². The number of aryl methyl sites for hydroxylation is 1. The van der Waals surface area contributed by atoms with Crippen LogP contribution in [0.4, 0.5) is 0 Å². The van der Waals surface area contributed by atoms with Gasteiger partial charge in [-0.1, -0.05) is 24.3 Å². The molecule has 1 atom stereocenters. The summed E-state index contributed by atoms with van der Waals surface area (Å²) in [6.45, 7) is 3.31. The van der Waals surface area contributed by atoms with Crippen molar-refractivity contribution in [2.45, 2.75) is 48.9 Å². The number of amides is 2. The first-order chi connectivity index (χ1) is 14.9. The van der Waals surface area contributed by atoms with Gasteiger partial charge in [0.05, 0.1) is 0 Å². The maximum absolute atomic E-state index is 13.2. The highest BCUT2D eigenvalue weighted by Gasteiger charge is 2.42. The summed E-state index contributed by atoms with van der Waals surface area (Å²) < 4.78 is 27.5. The summed E-state index contributed by atoms with van der Waals surface area (Å²) >= 11 is 1.18. The minimum Gasteiger partial charge on any atom is -0.349 e. The third-order valence-corrected chi connectivity index (χ3v) is 9.36. The minimum absolute atomic E-state index is 0.00527. The number of sulfonamides is 1. The largest absolute Gasteiger partial charge is 0.349 e. The Bertz CT molecular complexity index is 1040. The maximum atomic E-state index is 13.2. The molecule has 9 heteroatoms. The third kappa shape index (κ3) is 4.53. The van der Waals surface area contributed by atoms with Gasteiger partial charge in [-0.2, -0.15) is 4.31 Å². The van der Waals surface area contributed by atoms with Gasteiger partial charge in [0, 0.05) is 31.2 Å². The second-order valence-corrected chi connectivity index (χ2v) is 11.2. The molecule has 4 rings (SSSR count). The molecule has 0 saturated carbocycles. The lowest BCUT2D eigenvalue weighted by Crippen LogP contribution is -2.52. The van der Waals surface area contributed by atoms with E-state index in [1.54, 1.807) is 22.4 Å². The second-order valence-electron chi connectivity index (χ2n) is 8.09. The Morgan fingerprint density at radius 2 is 1.77 bits per heavy atom. The van der Waals surface area contributed by atoms with Crippen LogP contribution in [0.1, 0.15) is 41.6 Å². The first kappa shape index (κ1) is 22.0. The quantitative estimate of drug-likeness (QED) is 0.742. The fourth-order valence-corrected chi connectivity index (χ4v) is 7.12. The molecule has 7 nitrogen and oxygen atoms in total. The normalized spacial score (nSPS) is 20.7. The molecule has 0 spiro atoms. The molecule has 1 N–H and O–H groups in total. The summed E-state index contributed by atoms with van der Waals surface area (Å²) in [4.78, 5) is 27.5. The number of carbonyl (C=O) groups excluding carboxylic acids is 2. The summed E-state index contributed by atoms with van der Waals surface area (Å²) in [6, 6.07) is 10.1. The van der Waals surface area contributed by atoms with Crippen LogP contribution in [-0.2, 0) is 14.8 Å². The molecule has 2 amide bonds. The molecule has 2 aliphatic heterocycles. The highest BCUT2D eigenvalue weighted by molar-refractivity contribution is 7.91. The van der Waals surface area contributed by atoms with Gasteiger partial charge < -0.3 is 10.2 Å². The van der Waals surface area contributed by atoms with Gasteiger partial charge in [-0.25, -0.2) is 8.42 Å². The maximum Gasteiger partial charge on any atom is 0.253 e. The number of piperidine rings is 1. The zero-order chi connectivity index (χ0) is 22.0. The fraction of sp³-hybridized carbons (Fsp3) is 0.455. The molecular formula is C22H27N3O4S2. The van der Waals surface area contributed by atoms with Crippen molar-refractivity contribution in [3.63, 3.8) is 0 Å². The van der Waals surface area contributed by atoms with E-state index in [-0.39, 0.29) is 22.1 Å². The van der Waals surface area contributed by atoms with E-state index < -0.39 is 16.1 Å². The topological polar surface area (TPSA) is 86.8 Å². The van der Waals surface area contributed by atoms with E-state index in [0.29, 0.717) is 50.9 Å². The molecule has 2 saturated heterocycles. The van der Waals surface area contributed by atoms with Gasteiger partial charge in [-0.15, -0.1) is 11.3 Å². The van der Waals surface area contributed by atoms with Crippen molar-refractivity contribution < 1.29 is 18.0 Å². The number of rotatable bonds is 5. The van der Waals surface area contributed by atoms with E-state index in [4.69, 9.17) is 0 Å². The number of nitrogens with zero attached hydrogens (tertiary/aromatic N) is 2. The average molecular weight is 462 g/mol. The van der Waals surface area contributed by atoms with Crippen LogP contribution in [0.15, 0.2) is 46.0 Å². The molecule has 0 radical (unpaired) electrons.